The highest BCUT2D eigenvalue weighted by atomic mass is 16.3. The summed E-state index contributed by atoms with van der Waals surface area (Å²) in [6, 6.07) is 14.1. The maximum absolute atomic E-state index is 13.5. The molecule has 3 heteroatoms. The van der Waals surface area contributed by atoms with Gasteiger partial charge in [-0.2, -0.15) is 0 Å². The number of unbranched alkanes of at least 4 members (excludes halogenated alkanes) is 3. The van der Waals surface area contributed by atoms with Gasteiger partial charge in [0.2, 0.25) is 0 Å². The summed E-state index contributed by atoms with van der Waals surface area (Å²) in [7, 11) is 0. The molecule has 3 rings (SSSR count). The first-order chi connectivity index (χ1) is 16.6. The summed E-state index contributed by atoms with van der Waals surface area (Å²) >= 11 is 0. The number of hydrogen-bond acceptors (Lipinski definition) is 3. The molecule has 0 aliphatic carbocycles. The van der Waals surface area contributed by atoms with Crippen LogP contribution in [0.15, 0.2) is 53.0 Å². The molecule has 0 fully saturated rings. The minimum atomic E-state index is 0.0505. The van der Waals surface area contributed by atoms with Crippen molar-refractivity contribution in [1.82, 2.24) is 4.90 Å². The van der Waals surface area contributed by atoms with E-state index in [9.17, 15) is 4.79 Å². The van der Waals surface area contributed by atoms with Crippen molar-refractivity contribution in [2.24, 2.45) is 0 Å². The lowest BCUT2D eigenvalue weighted by Crippen LogP contribution is -2.26. The summed E-state index contributed by atoms with van der Waals surface area (Å²) in [5, 5.41) is 0.921. The van der Waals surface area contributed by atoms with Gasteiger partial charge in [-0.25, -0.2) is 0 Å². The number of nitrogens with zero attached hydrogens (tertiary/aromatic N) is 1. The number of carbonyl (C=O) groups excluding carboxylic acids is 1. The second-order valence-electron chi connectivity index (χ2n) is 9.36. The van der Waals surface area contributed by atoms with Crippen LogP contribution in [-0.2, 0) is 6.42 Å². The van der Waals surface area contributed by atoms with Gasteiger partial charge in [-0.3, -0.25) is 9.69 Å². The minimum Gasteiger partial charge on any atom is -0.460 e. The third-order valence-corrected chi connectivity index (χ3v) is 6.41. The van der Waals surface area contributed by atoms with Crippen molar-refractivity contribution in [3.63, 3.8) is 0 Å². The molecule has 0 saturated heterocycles. The Balaban J connectivity index is 1.75. The zero-order valence-corrected chi connectivity index (χ0v) is 21.5. The maximum Gasteiger partial charge on any atom is 0.197 e. The van der Waals surface area contributed by atoms with Crippen molar-refractivity contribution < 1.29 is 9.21 Å². The fourth-order valence-corrected chi connectivity index (χ4v) is 4.30. The standard InChI is InChI=1S/C31H41NO2/c1-5-8-13-28-30(27-19-14-24(4)23-29(27)34-28)31(33)26-17-15-25(16-18-26)12-11-22-32(20-9-6-2)21-10-7-3/h11-12,14-19,23H,5-10,13,20-22H2,1-4H3/b12-11-. The molecule has 3 nitrogen and oxygen atoms in total. The van der Waals surface area contributed by atoms with Crippen LogP contribution in [0.4, 0.5) is 0 Å². The van der Waals surface area contributed by atoms with E-state index < -0.39 is 0 Å². The molecule has 182 valence electrons. The van der Waals surface area contributed by atoms with E-state index in [0.29, 0.717) is 5.56 Å². The van der Waals surface area contributed by atoms with Crippen LogP contribution >= 0.6 is 0 Å². The van der Waals surface area contributed by atoms with Crippen LogP contribution in [0.25, 0.3) is 17.0 Å². The van der Waals surface area contributed by atoms with Crippen molar-refractivity contribution in [2.45, 2.75) is 72.6 Å². The average molecular weight is 460 g/mol. The first kappa shape index (κ1) is 26.0. The summed E-state index contributed by atoms with van der Waals surface area (Å²) in [6.07, 6.45) is 12.2. The van der Waals surface area contributed by atoms with Gasteiger partial charge in [0.05, 0.1) is 5.56 Å². The quantitative estimate of drug-likeness (QED) is 0.228. The Bertz CT molecular complexity index is 1070. The van der Waals surface area contributed by atoms with E-state index >= 15 is 0 Å². The van der Waals surface area contributed by atoms with Gasteiger partial charge in [0, 0.05) is 23.9 Å². The molecule has 1 aromatic heterocycles. The lowest BCUT2D eigenvalue weighted by molar-refractivity contribution is 0.103. The monoisotopic (exact) mass is 459 g/mol. The Hall–Kier alpha value is -2.65. The summed E-state index contributed by atoms with van der Waals surface area (Å²) in [5.74, 6) is 0.866. The highest BCUT2D eigenvalue weighted by Gasteiger charge is 2.21. The zero-order valence-electron chi connectivity index (χ0n) is 21.5. The Morgan fingerprint density at radius 3 is 2.24 bits per heavy atom. The molecule has 0 spiro atoms. The second kappa shape index (κ2) is 13.3. The van der Waals surface area contributed by atoms with Crippen molar-refractivity contribution in [3.05, 3.63) is 76.6 Å². The number of hydrogen-bond donors (Lipinski definition) is 0. The van der Waals surface area contributed by atoms with E-state index in [0.717, 1.165) is 72.3 Å². The van der Waals surface area contributed by atoms with Gasteiger partial charge < -0.3 is 4.42 Å². The largest absolute Gasteiger partial charge is 0.460 e. The molecule has 0 bridgehead atoms. The van der Waals surface area contributed by atoms with Crippen molar-refractivity contribution in [2.75, 3.05) is 19.6 Å². The van der Waals surface area contributed by atoms with Gasteiger partial charge in [-0.1, -0.05) is 88.6 Å². The van der Waals surface area contributed by atoms with Crippen molar-refractivity contribution in [1.29, 1.82) is 0 Å². The highest BCUT2D eigenvalue weighted by molar-refractivity contribution is 6.17. The topological polar surface area (TPSA) is 33.5 Å². The van der Waals surface area contributed by atoms with Gasteiger partial charge in [-0.05, 0) is 56.5 Å². The number of rotatable bonds is 14. The van der Waals surface area contributed by atoms with E-state index in [1.807, 2.05) is 43.3 Å². The van der Waals surface area contributed by atoms with E-state index in [4.69, 9.17) is 4.42 Å². The lowest BCUT2D eigenvalue weighted by Gasteiger charge is -2.19. The molecule has 3 aromatic rings. The molecule has 0 radical (unpaired) electrons. The average Bonchev–Trinajstić information content (AvgIpc) is 3.21. The Morgan fingerprint density at radius 1 is 0.912 bits per heavy atom. The number of furan rings is 1. The van der Waals surface area contributed by atoms with Crippen LogP contribution in [-0.4, -0.2) is 30.3 Å². The molecule has 0 saturated carbocycles. The summed E-state index contributed by atoms with van der Waals surface area (Å²) < 4.78 is 6.14. The first-order valence-corrected chi connectivity index (χ1v) is 13.1. The Labute approximate surface area is 205 Å². The molecule has 0 aliphatic heterocycles. The lowest BCUT2D eigenvalue weighted by atomic mass is 9.97. The van der Waals surface area contributed by atoms with Crippen LogP contribution in [0, 0.1) is 6.92 Å². The fraction of sp³-hybridized carbons (Fsp3) is 0.452. The number of carbonyl (C=O) groups is 1. The molecular formula is C31H41NO2. The van der Waals surface area contributed by atoms with E-state index in [1.54, 1.807) is 0 Å². The molecular weight excluding hydrogens is 418 g/mol. The number of benzene rings is 2. The van der Waals surface area contributed by atoms with Crippen LogP contribution in [0.1, 0.15) is 92.1 Å². The van der Waals surface area contributed by atoms with Gasteiger partial charge in [0.1, 0.15) is 11.3 Å². The van der Waals surface area contributed by atoms with Crippen molar-refractivity contribution in [3.8, 4) is 0 Å². The third kappa shape index (κ3) is 6.93. The zero-order chi connectivity index (χ0) is 24.3. The summed E-state index contributed by atoms with van der Waals surface area (Å²) in [6.45, 7) is 12.0. The van der Waals surface area contributed by atoms with Gasteiger partial charge >= 0.3 is 0 Å². The van der Waals surface area contributed by atoms with Gasteiger partial charge in [0.15, 0.2) is 5.78 Å². The smallest absolute Gasteiger partial charge is 0.197 e. The second-order valence-corrected chi connectivity index (χ2v) is 9.36. The van der Waals surface area contributed by atoms with Crippen molar-refractivity contribution >= 4 is 22.8 Å². The minimum absolute atomic E-state index is 0.0505. The molecule has 1 heterocycles. The van der Waals surface area contributed by atoms with E-state index in [2.05, 4.69) is 43.9 Å². The predicted octanol–water partition coefficient (Wildman–Crippen LogP) is 8.23. The third-order valence-electron chi connectivity index (χ3n) is 6.41. The Kier molecular flexibility index (Phi) is 10.2. The van der Waals surface area contributed by atoms with Crippen LogP contribution in [0.2, 0.25) is 0 Å². The predicted molar refractivity (Wildman–Crippen MR) is 145 cm³/mol. The van der Waals surface area contributed by atoms with E-state index in [-0.39, 0.29) is 5.78 Å². The molecule has 0 N–H and O–H groups in total. The van der Waals surface area contributed by atoms with Gasteiger partial charge in [0.25, 0.3) is 0 Å². The maximum atomic E-state index is 13.5. The number of ketones is 1. The molecule has 0 amide bonds. The fourth-order valence-electron chi connectivity index (χ4n) is 4.30. The molecule has 0 unspecified atom stereocenters. The molecule has 0 aliphatic rings. The van der Waals surface area contributed by atoms with Crippen LogP contribution in [0.5, 0.6) is 0 Å². The van der Waals surface area contributed by atoms with E-state index in [1.165, 1.54) is 25.7 Å². The molecule has 0 atom stereocenters. The van der Waals surface area contributed by atoms with Gasteiger partial charge in [-0.15, -0.1) is 0 Å². The normalized spacial score (nSPS) is 11.8. The molecule has 34 heavy (non-hydrogen) atoms. The Morgan fingerprint density at radius 2 is 1.59 bits per heavy atom. The van der Waals surface area contributed by atoms with Crippen LogP contribution in [0.3, 0.4) is 0 Å². The molecule has 2 aromatic carbocycles. The number of fused-ring (bicyclic) bond motifs is 1. The van der Waals surface area contributed by atoms with Crippen LogP contribution < -0.4 is 0 Å². The summed E-state index contributed by atoms with van der Waals surface area (Å²) in [4.78, 5) is 16.1. The SMILES string of the molecule is CCCCc1oc2cc(C)ccc2c1C(=O)c1ccc(/C=C\CN(CCCC)CCCC)cc1. The first-order valence-electron chi connectivity index (χ1n) is 13.1. The summed E-state index contributed by atoms with van der Waals surface area (Å²) in [5.41, 5.74) is 4.52. The number of aryl methyl sites for hydroxylation is 2. The highest BCUT2D eigenvalue weighted by Crippen LogP contribution is 2.30.